The van der Waals surface area contributed by atoms with E-state index in [1.807, 2.05) is 32.0 Å². The highest BCUT2D eigenvalue weighted by atomic mass is 32.2. The molecule has 3 N–H and O–H groups in total. The van der Waals surface area contributed by atoms with Gasteiger partial charge in [-0.3, -0.25) is 4.72 Å². The summed E-state index contributed by atoms with van der Waals surface area (Å²) < 4.78 is 29.3. The average Bonchev–Trinajstić information content (AvgIpc) is 2.39. The maximum atomic E-state index is 12.5. The molecule has 0 aliphatic carbocycles. The van der Waals surface area contributed by atoms with Crippen molar-refractivity contribution >= 4 is 15.9 Å². The highest BCUT2D eigenvalue weighted by Crippen LogP contribution is 2.25. The van der Waals surface area contributed by atoms with Gasteiger partial charge in [0, 0.05) is 18.6 Å². The van der Waals surface area contributed by atoms with Gasteiger partial charge in [-0.2, -0.15) is 12.7 Å². The van der Waals surface area contributed by atoms with Crippen LogP contribution in [0.1, 0.15) is 44.7 Å². The standard InChI is InChI=1S/C14H23N3O2S/c1-11-7-5-6-10-17(11)20(18,19)16-14-9-4-3-8-13(14)12(2)15/h3-4,8-9,11-12,16H,5-7,10,15H2,1-2H3. The van der Waals surface area contributed by atoms with Crippen molar-refractivity contribution in [1.29, 1.82) is 0 Å². The largest absolute Gasteiger partial charge is 0.324 e. The van der Waals surface area contributed by atoms with E-state index in [9.17, 15) is 8.42 Å². The van der Waals surface area contributed by atoms with Crippen LogP contribution in [0.3, 0.4) is 0 Å². The molecule has 2 rings (SSSR count). The third-order valence-electron chi connectivity index (χ3n) is 3.74. The van der Waals surface area contributed by atoms with Gasteiger partial charge in [-0.05, 0) is 38.3 Å². The second kappa shape index (κ2) is 6.11. The van der Waals surface area contributed by atoms with Gasteiger partial charge in [-0.15, -0.1) is 0 Å². The van der Waals surface area contributed by atoms with Gasteiger partial charge in [0.1, 0.15) is 0 Å². The van der Waals surface area contributed by atoms with E-state index in [0.717, 1.165) is 24.8 Å². The van der Waals surface area contributed by atoms with Gasteiger partial charge in [-0.25, -0.2) is 0 Å². The molecule has 1 aliphatic heterocycles. The van der Waals surface area contributed by atoms with Crippen LogP contribution in [0.5, 0.6) is 0 Å². The van der Waals surface area contributed by atoms with Crippen molar-refractivity contribution in [3.05, 3.63) is 29.8 Å². The van der Waals surface area contributed by atoms with E-state index < -0.39 is 10.2 Å². The highest BCUT2D eigenvalue weighted by Gasteiger charge is 2.29. The molecule has 0 amide bonds. The first-order valence-electron chi connectivity index (χ1n) is 7.06. The number of nitrogens with one attached hydrogen (secondary N) is 1. The van der Waals surface area contributed by atoms with E-state index in [4.69, 9.17) is 5.73 Å². The topological polar surface area (TPSA) is 75.4 Å². The minimum Gasteiger partial charge on any atom is -0.324 e. The molecular weight excluding hydrogens is 274 g/mol. The number of para-hydroxylation sites is 1. The predicted molar refractivity (Wildman–Crippen MR) is 81.6 cm³/mol. The normalized spacial score (nSPS) is 22.4. The van der Waals surface area contributed by atoms with Crippen LogP contribution in [0.4, 0.5) is 5.69 Å². The number of nitrogens with zero attached hydrogens (tertiary/aromatic N) is 1. The maximum Gasteiger partial charge on any atom is 0.301 e. The monoisotopic (exact) mass is 297 g/mol. The van der Waals surface area contributed by atoms with Crippen molar-refractivity contribution in [3.8, 4) is 0 Å². The second-order valence-corrected chi connectivity index (χ2v) is 7.06. The SMILES string of the molecule is CC(N)c1ccccc1NS(=O)(=O)N1CCCCC1C. The number of hydrogen-bond donors (Lipinski definition) is 2. The lowest BCUT2D eigenvalue weighted by Gasteiger charge is -2.32. The molecule has 0 bridgehead atoms. The van der Waals surface area contributed by atoms with Gasteiger partial charge in [0.05, 0.1) is 5.69 Å². The summed E-state index contributed by atoms with van der Waals surface area (Å²) in [5, 5.41) is 0. The van der Waals surface area contributed by atoms with Crippen LogP contribution in [-0.2, 0) is 10.2 Å². The zero-order valence-electron chi connectivity index (χ0n) is 12.0. The lowest BCUT2D eigenvalue weighted by Crippen LogP contribution is -2.45. The molecule has 1 heterocycles. The van der Waals surface area contributed by atoms with Crippen LogP contribution >= 0.6 is 0 Å². The molecule has 1 aromatic rings. The summed E-state index contributed by atoms with van der Waals surface area (Å²) in [6.07, 6.45) is 2.92. The molecule has 6 heteroatoms. The Morgan fingerprint density at radius 2 is 2.05 bits per heavy atom. The smallest absolute Gasteiger partial charge is 0.301 e. The molecule has 2 atom stereocenters. The van der Waals surface area contributed by atoms with E-state index >= 15 is 0 Å². The number of nitrogens with two attached hydrogens (primary N) is 1. The van der Waals surface area contributed by atoms with Crippen molar-refractivity contribution in [2.45, 2.75) is 45.2 Å². The van der Waals surface area contributed by atoms with Gasteiger partial charge in [-0.1, -0.05) is 24.6 Å². The molecule has 1 aliphatic rings. The van der Waals surface area contributed by atoms with Gasteiger partial charge in [0.25, 0.3) is 0 Å². The molecule has 0 radical (unpaired) electrons. The number of benzene rings is 1. The zero-order chi connectivity index (χ0) is 14.8. The lowest BCUT2D eigenvalue weighted by atomic mass is 10.1. The Labute approximate surface area is 121 Å². The van der Waals surface area contributed by atoms with Crippen molar-refractivity contribution < 1.29 is 8.42 Å². The Hall–Kier alpha value is -1.11. The Balaban J connectivity index is 2.24. The van der Waals surface area contributed by atoms with Gasteiger partial charge < -0.3 is 5.73 Å². The fourth-order valence-corrected chi connectivity index (χ4v) is 4.14. The summed E-state index contributed by atoms with van der Waals surface area (Å²) in [5.41, 5.74) is 7.27. The summed E-state index contributed by atoms with van der Waals surface area (Å²) in [7, 11) is -3.51. The summed E-state index contributed by atoms with van der Waals surface area (Å²) in [4.78, 5) is 0. The number of hydrogen-bond acceptors (Lipinski definition) is 3. The van der Waals surface area contributed by atoms with Gasteiger partial charge in [0.2, 0.25) is 0 Å². The van der Waals surface area contributed by atoms with E-state index in [2.05, 4.69) is 4.72 Å². The van der Waals surface area contributed by atoms with Crippen molar-refractivity contribution in [2.24, 2.45) is 5.73 Å². The maximum absolute atomic E-state index is 12.5. The van der Waals surface area contributed by atoms with Crippen LogP contribution in [0, 0.1) is 0 Å². The van der Waals surface area contributed by atoms with E-state index in [1.165, 1.54) is 0 Å². The molecule has 1 aromatic carbocycles. The molecule has 5 nitrogen and oxygen atoms in total. The fourth-order valence-electron chi connectivity index (χ4n) is 2.61. The first-order chi connectivity index (χ1) is 9.42. The third kappa shape index (κ3) is 3.31. The minimum absolute atomic E-state index is 0.0451. The minimum atomic E-state index is -3.51. The van der Waals surface area contributed by atoms with Crippen molar-refractivity contribution in [3.63, 3.8) is 0 Å². The number of rotatable bonds is 4. The summed E-state index contributed by atoms with van der Waals surface area (Å²) in [6.45, 7) is 4.38. The summed E-state index contributed by atoms with van der Waals surface area (Å²) >= 11 is 0. The Morgan fingerprint density at radius 3 is 2.70 bits per heavy atom. The number of anilines is 1. The highest BCUT2D eigenvalue weighted by molar-refractivity contribution is 7.90. The molecule has 1 saturated heterocycles. The van der Waals surface area contributed by atoms with Crippen molar-refractivity contribution in [1.82, 2.24) is 4.31 Å². The molecule has 0 spiro atoms. The molecule has 1 fully saturated rings. The van der Waals surface area contributed by atoms with E-state index in [1.54, 1.807) is 10.4 Å². The van der Waals surface area contributed by atoms with Crippen LogP contribution < -0.4 is 10.5 Å². The zero-order valence-corrected chi connectivity index (χ0v) is 12.9. The molecular formula is C14H23N3O2S. The molecule has 20 heavy (non-hydrogen) atoms. The summed E-state index contributed by atoms with van der Waals surface area (Å²) in [5.74, 6) is 0. The van der Waals surface area contributed by atoms with E-state index in [-0.39, 0.29) is 12.1 Å². The van der Waals surface area contributed by atoms with Crippen LogP contribution in [0.25, 0.3) is 0 Å². The van der Waals surface area contributed by atoms with E-state index in [0.29, 0.717) is 12.2 Å². The first kappa shape index (κ1) is 15.3. The lowest BCUT2D eigenvalue weighted by molar-refractivity contribution is 0.270. The Morgan fingerprint density at radius 1 is 1.35 bits per heavy atom. The molecule has 0 saturated carbocycles. The number of piperidine rings is 1. The van der Waals surface area contributed by atoms with Crippen LogP contribution in [0.15, 0.2) is 24.3 Å². The average molecular weight is 297 g/mol. The van der Waals surface area contributed by atoms with Crippen LogP contribution in [0.2, 0.25) is 0 Å². The van der Waals surface area contributed by atoms with Crippen molar-refractivity contribution in [2.75, 3.05) is 11.3 Å². The molecule has 2 unspecified atom stereocenters. The molecule has 0 aromatic heterocycles. The van der Waals surface area contributed by atoms with Gasteiger partial charge in [0.15, 0.2) is 0 Å². The van der Waals surface area contributed by atoms with Gasteiger partial charge >= 0.3 is 10.2 Å². The Bertz CT molecular complexity index is 557. The van der Waals surface area contributed by atoms with Crippen LogP contribution in [-0.4, -0.2) is 25.3 Å². The fraction of sp³-hybridized carbons (Fsp3) is 0.571. The summed E-state index contributed by atoms with van der Waals surface area (Å²) in [6, 6.07) is 7.10. The molecule has 112 valence electrons. The first-order valence-corrected chi connectivity index (χ1v) is 8.50. The quantitative estimate of drug-likeness (QED) is 0.895. The second-order valence-electron chi connectivity index (χ2n) is 5.44. The predicted octanol–water partition coefficient (Wildman–Crippen LogP) is 2.24. The Kier molecular flexibility index (Phi) is 4.67. The third-order valence-corrected chi connectivity index (χ3v) is 5.38.